The molecule has 9 aromatic rings. The molecule has 2 aliphatic rings. The van der Waals surface area contributed by atoms with Crippen LogP contribution in [0.3, 0.4) is 0 Å². The van der Waals surface area contributed by atoms with E-state index in [1.807, 2.05) is 0 Å². The summed E-state index contributed by atoms with van der Waals surface area (Å²) in [5.74, 6) is 0. The van der Waals surface area contributed by atoms with Gasteiger partial charge in [0.15, 0.2) is 7.28 Å². The van der Waals surface area contributed by atoms with Crippen LogP contribution in [0.4, 0.5) is 28.4 Å². The van der Waals surface area contributed by atoms with Gasteiger partial charge in [0.05, 0.1) is 5.52 Å². The first kappa shape index (κ1) is 52.3. The van der Waals surface area contributed by atoms with Crippen LogP contribution in [-0.4, -0.2) is 11.8 Å². The molecule has 8 aromatic carbocycles. The molecule has 0 fully saturated rings. The minimum Gasteiger partial charge on any atom is -0.355 e. The standard InChI is InChI=1S/C73H82BN3/c1-45-37-59-60(73(16,17)36-35-72(59,14)15)44-63(45)75-62-33-32-54(76(52-28-23-48(24-29-52)68(2,3)4)53-30-25-49(26-31-53)69(5,6)7)43-55(62)57-38-47(46-21-19-18-20-22-46)39-65-66(57)74-61-42-51(71(11,12)13)41-58-56-40-50(70(8,9)10)27-34-64(56)77(65)67(58)61/h18-34,37-44,74-75H,35-36H2,1-17H3. The van der Waals surface area contributed by atoms with Gasteiger partial charge < -0.3 is 14.8 Å². The van der Waals surface area contributed by atoms with E-state index in [1.165, 1.54) is 106 Å². The maximum atomic E-state index is 4.20. The molecule has 0 atom stereocenters. The molecular weight excluding hydrogens is 930 g/mol. The number of benzene rings is 8. The van der Waals surface area contributed by atoms with Crippen molar-refractivity contribution in [3.8, 4) is 27.9 Å². The van der Waals surface area contributed by atoms with Crippen LogP contribution < -0.4 is 21.1 Å². The first-order chi connectivity index (χ1) is 36.1. The second-order valence-corrected chi connectivity index (χ2v) is 28.4. The summed E-state index contributed by atoms with van der Waals surface area (Å²) in [6, 6.07) is 59.1. The molecule has 0 saturated carbocycles. The molecule has 3 nitrogen and oxygen atoms in total. The van der Waals surface area contributed by atoms with Gasteiger partial charge in [-0.25, -0.2) is 0 Å². The van der Waals surface area contributed by atoms with Crippen molar-refractivity contribution < 1.29 is 0 Å². The Hall–Kier alpha value is -6.78. The highest BCUT2D eigenvalue weighted by atomic mass is 15.1. The predicted octanol–water partition coefficient (Wildman–Crippen LogP) is 18.9. The van der Waals surface area contributed by atoms with Crippen molar-refractivity contribution in [1.82, 2.24) is 4.57 Å². The Bertz CT molecular complexity index is 3710. The van der Waals surface area contributed by atoms with Crippen LogP contribution in [0.5, 0.6) is 0 Å². The van der Waals surface area contributed by atoms with Crippen molar-refractivity contribution in [3.05, 3.63) is 191 Å². The second kappa shape index (κ2) is 18.2. The molecule has 1 N–H and O–H groups in total. The first-order valence-corrected chi connectivity index (χ1v) is 28.5. The zero-order chi connectivity index (χ0) is 54.9. The van der Waals surface area contributed by atoms with Crippen molar-refractivity contribution in [2.24, 2.45) is 0 Å². The summed E-state index contributed by atoms with van der Waals surface area (Å²) in [5.41, 5.74) is 26.7. The number of fused-ring (bicyclic) bond motifs is 6. The Labute approximate surface area is 462 Å². The summed E-state index contributed by atoms with van der Waals surface area (Å²) < 4.78 is 2.63. The van der Waals surface area contributed by atoms with E-state index in [9.17, 15) is 0 Å². The minimum atomic E-state index is -0.0391. The zero-order valence-corrected chi connectivity index (χ0v) is 49.4. The molecular formula is C73H82BN3. The maximum Gasteiger partial charge on any atom is 0.198 e. The van der Waals surface area contributed by atoms with E-state index in [0.717, 1.165) is 42.1 Å². The number of anilines is 5. The first-order valence-electron chi connectivity index (χ1n) is 28.5. The Morgan fingerprint density at radius 1 is 0.468 bits per heavy atom. The Morgan fingerprint density at radius 2 is 1.00 bits per heavy atom. The fourth-order valence-corrected chi connectivity index (χ4v) is 12.5. The topological polar surface area (TPSA) is 20.2 Å². The van der Waals surface area contributed by atoms with Gasteiger partial charge in [0, 0.05) is 56.0 Å². The summed E-state index contributed by atoms with van der Waals surface area (Å²) in [7, 11) is 0.805. The molecule has 77 heavy (non-hydrogen) atoms. The average molecular weight is 1010 g/mol. The van der Waals surface area contributed by atoms with Crippen LogP contribution in [0.25, 0.3) is 49.7 Å². The Morgan fingerprint density at radius 3 is 1.57 bits per heavy atom. The lowest BCUT2D eigenvalue weighted by Gasteiger charge is -2.42. The van der Waals surface area contributed by atoms with Gasteiger partial charge in [0.2, 0.25) is 0 Å². The second-order valence-electron chi connectivity index (χ2n) is 28.4. The van der Waals surface area contributed by atoms with Gasteiger partial charge in [-0.2, -0.15) is 0 Å². The van der Waals surface area contributed by atoms with E-state index in [-0.39, 0.29) is 32.5 Å². The molecule has 1 aliphatic carbocycles. The lowest BCUT2D eigenvalue weighted by Crippen LogP contribution is -2.38. The van der Waals surface area contributed by atoms with Gasteiger partial charge in [0.1, 0.15) is 0 Å². The third-order valence-electron chi connectivity index (χ3n) is 17.6. The number of rotatable bonds is 7. The normalized spacial score (nSPS) is 15.0. The third-order valence-corrected chi connectivity index (χ3v) is 17.6. The molecule has 1 aliphatic heterocycles. The van der Waals surface area contributed by atoms with E-state index in [1.54, 1.807) is 0 Å². The fourth-order valence-electron chi connectivity index (χ4n) is 12.5. The Balaban J connectivity index is 1.22. The molecule has 0 unspecified atom stereocenters. The molecule has 0 spiro atoms. The zero-order valence-electron chi connectivity index (χ0n) is 49.4. The van der Waals surface area contributed by atoms with E-state index in [2.05, 4.69) is 284 Å². The van der Waals surface area contributed by atoms with Crippen molar-refractivity contribution >= 4 is 68.4 Å². The third kappa shape index (κ3) is 9.42. The molecule has 4 heteroatoms. The van der Waals surface area contributed by atoms with Crippen molar-refractivity contribution in [2.45, 2.75) is 163 Å². The van der Waals surface area contributed by atoms with Crippen molar-refractivity contribution in [1.29, 1.82) is 0 Å². The maximum absolute atomic E-state index is 4.20. The number of nitrogens with one attached hydrogen (secondary N) is 1. The number of hydrogen-bond acceptors (Lipinski definition) is 2. The molecule has 11 rings (SSSR count). The van der Waals surface area contributed by atoms with Gasteiger partial charge in [-0.1, -0.05) is 189 Å². The van der Waals surface area contributed by atoms with E-state index < -0.39 is 0 Å². The van der Waals surface area contributed by atoms with Gasteiger partial charge in [-0.05, 0) is 192 Å². The molecule has 0 amide bonds. The van der Waals surface area contributed by atoms with Crippen molar-refractivity contribution in [3.63, 3.8) is 0 Å². The highest BCUT2D eigenvalue weighted by molar-refractivity contribution is 6.73. The summed E-state index contributed by atoms with van der Waals surface area (Å²) in [6.45, 7) is 39.9. The highest BCUT2D eigenvalue weighted by Crippen LogP contribution is 2.49. The summed E-state index contributed by atoms with van der Waals surface area (Å²) >= 11 is 0. The van der Waals surface area contributed by atoms with Crippen LogP contribution in [0.1, 0.15) is 163 Å². The number of aromatic nitrogens is 1. The molecule has 1 aromatic heterocycles. The largest absolute Gasteiger partial charge is 0.355 e. The Kier molecular flexibility index (Phi) is 12.3. The van der Waals surface area contributed by atoms with Gasteiger partial charge >= 0.3 is 0 Å². The average Bonchev–Trinajstić information content (AvgIpc) is 3.88. The molecule has 2 heterocycles. The lowest BCUT2D eigenvalue weighted by atomic mass is 9.58. The van der Waals surface area contributed by atoms with E-state index in [0.29, 0.717) is 0 Å². The van der Waals surface area contributed by atoms with E-state index in [4.69, 9.17) is 0 Å². The summed E-state index contributed by atoms with van der Waals surface area (Å²) in [4.78, 5) is 2.47. The molecule has 0 radical (unpaired) electrons. The van der Waals surface area contributed by atoms with Crippen LogP contribution in [0.15, 0.2) is 152 Å². The van der Waals surface area contributed by atoms with E-state index >= 15 is 0 Å². The molecule has 0 saturated heterocycles. The van der Waals surface area contributed by atoms with Gasteiger partial charge in [0.25, 0.3) is 0 Å². The minimum absolute atomic E-state index is 0.00669. The van der Waals surface area contributed by atoms with Crippen LogP contribution in [0.2, 0.25) is 0 Å². The molecule has 0 bridgehead atoms. The lowest BCUT2D eigenvalue weighted by molar-refractivity contribution is 0.332. The highest BCUT2D eigenvalue weighted by Gasteiger charge is 2.38. The number of aryl methyl sites for hydroxylation is 1. The molecule has 392 valence electrons. The number of nitrogens with zero attached hydrogens (tertiary/aromatic N) is 2. The number of hydrogen-bond donors (Lipinski definition) is 1. The monoisotopic (exact) mass is 1010 g/mol. The predicted molar refractivity (Wildman–Crippen MR) is 337 cm³/mol. The smallest absolute Gasteiger partial charge is 0.198 e. The van der Waals surface area contributed by atoms with Crippen LogP contribution >= 0.6 is 0 Å². The quantitative estimate of drug-likeness (QED) is 0.161. The fraction of sp³-hybridized carbons (Fsp3) is 0.342. The summed E-state index contributed by atoms with van der Waals surface area (Å²) in [5, 5.41) is 6.87. The van der Waals surface area contributed by atoms with Crippen molar-refractivity contribution in [2.75, 3.05) is 10.2 Å². The van der Waals surface area contributed by atoms with Crippen LogP contribution in [-0.2, 0) is 32.5 Å². The SMILES string of the molecule is Cc1cc2c(cc1Nc1ccc(N(c3ccc(C(C)(C)C)cc3)c3ccc(C(C)(C)C)cc3)cc1-c1cc(-c3ccccc3)cc3c1Bc1cc(C(C)(C)C)cc4c5cc(C(C)(C)C)ccc5n-3c14)C(C)(C)CCC2(C)C. The van der Waals surface area contributed by atoms with Crippen LogP contribution in [0, 0.1) is 6.92 Å². The summed E-state index contributed by atoms with van der Waals surface area (Å²) in [6.07, 6.45) is 2.34. The van der Waals surface area contributed by atoms with Gasteiger partial charge in [-0.3, -0.25) is 0 Å². The van der Waals surface area contributed by atoms with Gasteiger partial charge in [-0.15, -0.1) is 0 Å².